The highest BCUT2D eigenvalue weighted by molar-refractivity contribution is 5.78. The molecule has 0 radical (unpaired) electrons. The van der Waals surface area contributed by atoms with Gasteiger partial charge in [0.05, 0.1) is 12.2 Å². The molecule has 106 valence electrons. The average Bonchev–Trinajstić information content (AvgIpc) is 2.92. The number of hydrogen-bond donors (Lipinski definition) is 2. The highest BCUT2D eigenvalue weighted by Crippen LogP contribution is 2.13. The average molecular weight is 264 g/mol. The van der Waals surface area contributed by atoms with Gasteiger partial charge in [0.25, 0.3) is 0 Å². The van der Waals surface area contributed by atoms with Gasteiger partial charge in [-0.2, -0.15) is 0 Å². The summed E-state index contributed by atoms with van der Waals surface area (Å²) in [6.07, 6.45) is 9.77. The number of hydrogen-bond acceptors (Lipinski definition) is 3. The zero-order valence-corrected chi connectivity index (χ0v) is 11.6. The Morgan fingerprint density at radius 2 is 2.37 bits per heavy atom. The van der Waals surface area contributed by atoms with Gasteiger partial charge in [-0.05, 0) is 32.6 Å². The highest BCUT2D eigenvalue weighted by atomic mass is 16.1. The van der Waals surface area contributed by atoms with E-state index in [9.17, 15) is 4.79 Å². The molecule has 1 fully saturated rings. The van der Waals surface area contributed by atoms with E-state index in [0.29, 0.717) is 6.04 Å². The van der Waals surface area contributed by atoms with Crippen molar-refractivity contribution in [1.29, 1.82) is 0 Å². The van der Waals surface area contributed by atoms with Crippen LogP contribution in [0.25, 0.3) is 0 Å². The molecular weight excluding hydrogens is 240 g/mol. The van der Waals surface area contributed by atoms with Crippen LogP contribution >= 0.6 is 0 Å². The fraction of sp³-hybridized carbons (Fsp3) is 0.714. The van der Waals surface area contributed by atoms with Crippen molar-refractivity contribution < 1.29 is 4.79 Å². The summed E-state index contributed by atoms with van der Waals surface area (Å²) in [4.78, 5) is 15.9. The second-order valence-electron chi connectivity index (χ2n) is 5.38. The first-order valence-electron chi connectivity index (χ1n) is 7.22. The van der Waals surface area contributed by atoms with Gasteiger partial charge in [0, 0.05) is 38.1 Å². The predicted octanol–water partition coefficient (Wildman–Crippen LogP) is 1.17. The summed E-state index contributed by atoms with van der Waals surface area (Å²) in [6, 6.07) is 0.555. The van der Waals surface area contributed by atoms with Crippen molar-refractivity contribution in [3.8, 4) is 0 Å². The third-order valence-corrected chi connectivity index (χ3v) is 3.73. The van der Waals surface area contributed by atoms with E-state index in [-0.39, 0.29) is 11.8 Å². The summed E-state index contributed by atoms with van der Waals surface area (Å²) in [5, 5.41) is 6.41. The Kier molecular flexibility index (Phi) is 5.39. The zero-order valence-electron chi connectivity index (χ0n) is 11.6. The molecule has 2 unspecified atom stereocenters. The van der Waals surface area contributed by atoms with Crippen molar-refractivity contribution in [1.82, 2.24) is 20.2 Å². The number of aromatic nitrogens is 2. The topological polar surface area (TPSA) is 59.0 Å². The SMILES string of the molecule is CC1CCC(C(=O)NCCCCn2ccnc2)CN1. The van der Waals surface area contributed by atoms with Gasteiger partial charge in [0.2, 0.25) is 5.91 Å². The summed E-state index contributed by atoms with van der Waals surface area (Å²) < 4.78 is 2.06. The van der Waals surface area contributed by atoms with E-state index < -0.39 is 0 Å². The Morgan fingerprint density at radius 3 is 3.05 bits per heavy atom. The molecule has 2 heterocycles. The van der Waals surface area contributed by atoms with Crippen molar-refractivity contribution in [2.45, 2.75) is 45.2 Å². The molecule has 1 aromatic rings. The molecule has 0 spiro atoms. The quantitative estimate of drug-likeness (QED) is 0.758. The number of carbonyl (C=O) groups is 1. The van der Waals surface area contributed by atoms with E-state index in [2.05, 4.69) is 27.1 Å². The van der Waals surface area contributed by atoms with Crippen LogP contribution in [0.3, 0.4) is 0 Å². The van der Waals surface area contributed by atoms with Crippen molar-refractivity contribution in [3.63, 3.8) is 0 Å². The molecule has 2 atom stereocenters. The van der Waals surface area contributed by atoms with Crippen LogP contribution in [0.15, 0.2) is 18.7 Å². The Balaban J connectivity index is 1.54. The van der Waals surface area contributed by atoms with E-state index in [1.54, 1.807) is 6.20 Å². The molecule has 5 heteroatoms. The molecule has 2 N–H and O–H groups in total. The molecule has 0 bridgehead atoms. The third kappa shape index (κ3) is 4.67. The second kappa shape index (κ2) is 7.28. The van der Waals surface area contributed by atoms with E-state index >= 15 is 0 Å². The van der Waals surface area contributed by atoms with Crippen molar-refractivity contribution in [2.24, 2.45) is 5.92 Å². The van der Waals surface area contributed by atoms with E-state index in [1.165, 1.54) is 0 Å². The molecule has 1 saturated heterocycles. The number of nitrogens with one attached hydrogen (secondary N) is 2. The lowest BCUT2D eigenvalue weighted by Crippen LogP contribution is -2.44. The molecule has 5 nitrogen and oxygen atoms in total. The fourth-order valence-corrected chi connectivity index (χ4v) is 2.42. The molecule has 1 aliphatic heterocycles. The number of unbranched alkanes of at least 4 members (excludes halogenated alkanes) is 1. The Labute approximate surface area is 114 Å². The van der Waals surface area contributed by atoms with Gasteiger partial charge in [0.15, 0.2) is 0 Å². The molecule has 1 amide bonds. The standard InChI is InChI=1S/C14H24N4O/c1-12-4-5-13(10-17-12)14(19)16-6-2-3-8-18-9-7-15-11-18/h7,9,11-13,17H,2-6,8,10H2,1H3,(H,16,19). The van der Waals surface area contributed by atoms with Crippen LogP contribution < -0.4 is 10.6 Å². The van der Waals surface area contributed by atoms with Crippen LogP contribution in [0.2, 0.25) is 0 Å². The Hall–Kier alpha value is -1.36. The predicted molar refractivity (Wildman–Crippen MR) is 74.7 cm³/mol. The van der Waals surface area contributed by atoms with Crippen LogP contribution in [0.1, 0.15) is 32.6 Å². The van der Waals surface area contributed by atoms with Crippen LogP contribution in [0.4, 0.5) is 0 Å². The number of imidazole rings is 1. The zero-order chi connectivity index (χ0) is 13.5. The number of amides is 1. The molecule has 0 saturated carbocycles. The minimum atomic E-state index is 0.157. The maximum absolute atomic E-state index is 11.9. The van der Waals surface area contributed by atoms with Crippen LogP contribution in [0, 0.1) is 5.92 Å². The highest BCUT2D eigenvalue weighted by Gasteiger charge is 2.23. The fourth-order valence-electron chi connectivity index (χ4n) is 2.42. The van der Waals surface area contributed by atoms with Gasteiger partial charge in [-0.1, -0.05) is 0 Å². The minimum absolute atomic E-state index is 0.157. The molecular formula is C14H24N4O. The first-order valence-corrected chi connectivity index (χ1v) is 7.22. The lowest BCUT2D eigenvalue weighted by Gasteiger charge is -2.26. The van der Waals surface area contributed by atoms with Crippen LogP contribution in [-0.4, -0.2) is 34.6 Å². The summed E-state index contributed by atoms with van der Waals surface area (Å²) in [7, 11) is 0. The number of nitrogens with zero attached hydrogens (tertiary/aromatic N) is 2. The van der Waals surface area contributed by atoms with Crippen molar-refractivity contribution in [2.75, 3.05) is 13.1 Å². The molecule has 0 aromatic carbocycles. The number of carbonyl (C=O) groups excluding carboxylic acids is 1. The van der Waals surface area contributed by atoms with Gasteiger partial charge in [0.1, 0.15) is 0 Å². The lowest BCUT2D eigenvalue weighted by atomic mass is 9.95. The molecule has 1 aromatic heterocycles. The largest absolute Gasteiger partial charge is 0.356 e. The molecule has 19 heavy (non-hydrogen) atoms. The van der Waals surface area contributed by atoms with Gasteiger partial charge in [-0.3, -0.25) is 4.79 Å². The van der Waals surface area contributed by atoms with Gasteiger partial charge in [-0.15, -0.1) is 0 Å². The van der Waals surface area contributed by atoms with Gasteiger partial charge in [-0.25, -0.2) is 4.98 Å². The number of aryl methyl sites for hydroxylation is 1. The lowest BCUT2D eigenvalue weighted by molar-refractivity contribution is -0.125. The van der Waals surface area contributed by atoms with Crippen molar-refractivity contribution >= 4 is 5.91 Å². The summed E-state index contributed by atoms with van der Waals surface area (Å²) >= 11 is 0. The van der Waals surface area contributed by atoms with E-state index in [0.717, 1.165) is 45.3 Å². The Morgan fingerprint density at radius 1 is 1.47 bits per heavy atom. The molecule has 1 aliphatic rings. The van der Waals surface area contributed by atoms with Crippen LogP contribution in [0.5, 0.6) is 0 Å². The normalized spacial score (nSPS) is 23.2. The van der Waals surface area contributed by atoms with Gasteiger partial charge >= 0.3 is 0 Å². The minimum Gasteiger partial charge on any atom is -0.356 e. The number of piperidine rings is 1. The van der Waals surface area contributed by atoms with E-state index in [4.69, 9.17) is 0 Å². The van der Waals surface area contributed by atoms with Crippen LogP contribution in [-0.2, 0) is 11.3 Å². The Bertz CT molecular complexity index is 369. The molecule has 0 aliphatic carbocycles. The second-order valence-corrected chi connectivity index (χ2v) is 5.38. The maximum Gasteiger partial charge on any atom is 0.224 e. The first-order chi connectivity index (χ1) is 9.25. The van der Waals surface area contributed by atoms with Gasteiger partial charge < -0.3 is 15.2 Å². The third-order valence-electron chi connectivity index (χ3n) is 3.73. The first kappa shape index (κ1) is 14.1. The smallest absolute Gasteiger partial charge is 0.224 e. The molecule has 2 rings (SSSR count). The summed E-state index contributed by atoms with van der Waals surface area (Å²) in [5.41, 5.74) is 0. The summed E-state index contributed by atoms with van der Waals surface area (Å²) in [5.74, 6) is 0.367. The monoisotopic (exact) mass is 264 g/mol. The summed E-state index contributed by atoms with van der Waals surface area (Å²) in [6.45, 7) is 4.74. The van der Waals surface area contributed by atoms with Crippen molar-refractivity contribution in [3.05, 3.63) is 18.7 Å². The maximum atomic E-state index is 11.9. The number of rotatable bonds is 6. The van der Waals surface area contributed by atoms with E-state index in [1.807, 2.05) is 12.5 Å².